The smallest absolute Gasteiger partial charge is 0.239 e. The number of nitrogens with two attached hydrogens (primary N) is 1. The molecule has 2 amide bonds. The van der Waals surface area contributed by atoms with Gasteiger partial charge in [0, 0.05) is 18.8 Å². The molecule has 0 saturated carbocycles. The van der Waals surface area contributed by atoms with E-state index in [1.165, 1.54) is 4.90 Å². The minimum absolute atomic E-state index is 0.00443. The molecule has 0 aliphatic carbocycles. The fraction of sp³-hybridized carbons (Fsp3) is 0.833. The number of rotatable bonds is 8. The van der Waals surface area contributed by atoms with Gasteiger partial charge < -0.3 is 16.0 Å². The fourth-order valence-electron chi connectivity index (χ4n) is 1.59. The average molecular weight is 307 g/mol. The van der Waals surface area contributed by atoms with E-state index in [-0.39, 0.29) is 30.7 Å². The summed E-state index contributed by atoms with van der Waals surface area (Å²) in [6.07, 6.45) is 1.15. The summed E-state index contributed by atoms with van der Waals surface area (Å²) in [6.45, 7) is 5.67. The van der Waals surface area contributed by atoms with Gasteiger partial charge in [0.1, 0.15) is 9.84 Å². The number of hydrogen-bond donors (Lipinski definition) is 2. The van der Waals surface area contributed by atoms with Crippen molar-refractivity contribution in [1.29, 1.82) is 0 Å². The van der Waals surface area contributed by atoms with Crippen molar-refractivity contribution < 1.29 is 18.0 Å². The van der Waals surface area contributed by atoms with Crippen molar-refractivity contribution in [2.45, 2.75) is 39.3 Å². The van der Waals surface area contributed by atoms with Crippen LogP contribution in [0.5, 0.6) is 0 Å². The van der Waals surface area contributed by atoms with Gasteiger partial charge in [-0.25, -0.2) is 8.42 Å². The summed E-state index contributed by atoms with van der Waals surface area (Å²) >= 11 is 0. The van der Waals surface area contributed by atoms with E-state index in [2.05, 4.69) is 5.32 Å². The van der Waals surface area contributed by atoms with Gasteiger partial charge in [-0.3, -0.25) is 9.59 Å². The molecule has 8 heteroatoms. The Bertz CT molecular complexity index is 434. The third-order valence-corrected chi connectivity index (χ3v) is 3.57. The van der Waals surface area contributed by atoms with Crippen molar-refractivity contribution in [2.75, 3.05) is 25.1 Å². The third-order valence-electron chi connectivity index (χ3n) is 2.59. The highest BCUT2D eigenvalue weighted by molar-refractivity contribution is 7.90. The van der Waals surface area contributed by atoms with Crippen LogP contribution in [0.15, 0.2) is 0 Å². The van der Waals surface area contributed by atoms with E-state index < -0.39 is 21.8 Å². The molecule has 0 radical (unpaired) electrons. The van der Waals surface area contributed by atoms with Crippen LogP contribution in [0.1, 0.15) is 27.2 Å². The van der Waals surface area contributed by atoms with Gasteiger partial charge in [-0.05, 0) is 27.2 Å². The zero-order valence-corrected chi connectivity index (χ0v) is 13.4. The second-order valence-electron chi connectivity index (χ2n) is 5.10. The first-order chi connectivity index (χ1) is 9.06. The lowest BCUT2D eigenvalue weighted by atomic mass is 10.2. The van der Waals surface area contributed by atoms with Crippen LogP contribution in [-0.2, 0) is 19.4 Å². The molecule has 118 valence electrons. The van der Waals surface area contributed by atoms with E-state index in [4.69, 9.17) is 5.73 Å². The van der Waals surface area contributed by atoms with Crippen molar-refractivity contribution in [2.24, 2.45) is 5.73 Å². The molecule has 1 unspecified atom stereocenters. The van der Waals surface area contributed by atoms with Crippen LogP contribution >= 0.6 is 0 Å². The lowest BCUT2D eigenvalue weighted by molar-refractivity contribution is -0.137. The number of amides is 2. The van der Waals surface area contributed by atoms with Crippen LogP contribution in [0.25, 0.3) is 0 Å². The maximum Gasteiger partial charge on any atom is 0.239 e. The largest absolute Gasteiger partial charge is 0.352 e. The Morgan fingerprint density at radius 2 is 1.85 bits per heavy atom. The Labute approximate surface area is 120 Å². The zero-order valence-electron chi connectivity index (χ0n) is 12.5. The molecular formula is C12H25N3O4S. The maximum atomic E-state index is 12.0. The van der Waals surface area contributed by atoms with Gasteiger partial charge in [0.2, 0.25) is 11.8 Å². The number of carbonyl (C=O) groups excluding carboxylic acids is 2. The Balaban J connectivity index is 4.49. The summed E-state index contributed by atoms with van der Waals surface area (Å²) in [5.41, 5.74) is 5.69. The highest BCUT2D eigenvalue weighted by Crippen LogP contribution is 2.00. The van der Waals surface area contributed by atoms with Gasteiger partial charge >= 0.3 is 0 Å². The van der Waals surface area contributed by atoms with Crippen molar-refractivity contribution in [1.82, 2.24) is 10.2 Å². The molecule has 7 nitrogen and oxygen atoms in total. The second kappa shape index (κ2) is 8.21. The van der Waals surface area contributed by atoms with Gasteiger partial charge in [0.15, 0.2) is 0 Å². The Morgan fingerprint density at radius 1 is 1.30 bits per heavy atom. The highest BCUT2D eigenvalue weighted by Gasteiger charge is 2.23. The molecule has 20 heavy (non-hydrogen) atoms. The standard InChI is InChI=1S/C12H25N3O4S/c1-5-15(8-11(16)14-9(2)3)12(17)10(13)6-7-20(4,18)19/h9-10H,5-8,13H2,1-4H3,(H,14,16). The minimum Gasteiger partial charge on any atom is -0.352 e. The van der Waals surface area contributed by atoms with Gasteiger partial charge in [-0.2, -0.15) is 0 Å². The Morgan fingerprint density at radius 3 is 2.25 bits per heavy atom. The van der Waals surface area contributed by atoms with Crippen LogP contribution in [-0.4, -0.2) is 62.3 Å². The molecule has 0 aliphatic rings. The average Bonchev–Trinajstić information content (AvgIpc) is 2.30. The third kappa shape index (κ3) is 8.11. The molecular weight excluding hydrogens is 282 g/mol. The van der Waals surface area contributed by atoms with Crippen LogP contribution in [0.4, 0.5) is 0 Å². The highest BCUT2D eigenvalue weighted by atomic mass is 32.2. The van der Waals surface area contributed by atoms with Crippen LogP contribution in [0.3, 0.4) is 0 Å². The Hall–Kier alpha value is -1.15. The van der Waals surface area contributed by atoms with Crippen LogP contribution in [0.2, 0.25) is 0 Å². The van der Waals surface area contributed by atoms with Gasteiger partial charge in [0.25, 0.3) is 0 Å². The first-order valence-corrected chi connectivity index (χ1v) is 8.64. The molecule has 3 N–H and O–H groups in total. The van der Waals surface area contributed by atoms with Crippen molar-refractivity contribution in [3.63, 3.8) is 0 Å². The molecule has 0 heterocycles. The van der Waals surface area contributed by atoms with E-state index in [0.29, 0.717) is 6.54 Å². The number of hydrogen-bond acceptors (Lipinski definition) is 5. The number of sulfone groups is 1. The van der Waals surface area contributed by atoms with E-state index in [9.17, 15) is 18.0 Å². The quantitative estimate of drug-likeness (QED) is 0.605. The summed E-state index contributed by atoms with van der Waals surface area (Å²) in [5, 5.41) is 2.69. The summed E-state index contributed by atoms with van der Waals surface area (Å²) in [6, 6.07) is -0.910. The number of nitrogens with one attached hydrogen (secondary N) is 1. The summed E-state index contributed by atoms with van der Waals surface area (Å²) < 4.78 is 22.1. The lowest BCUT2D eigenvalue weighted by Crippen LogP contribution is -2.49. The SMILES string of the molecule is CCN(CC(=O)NC(C)C)C(=O)C(N)CCS(C)(=O)=O. The van der Waals surface area contributed by atoms with Crippen molar-refractivity contribution in [3.05, 3.63) is 0 Å². The van der Waals surface area contributed by atoms with Crippen molar-refractivity contribution >= 4 is 21.7 Å². The molecule has 1 atom stereocenters. The molecule has 0 aliphatic heterocycles. The number of carbonyl (C=O) groups is 2. The van der Waals surface area contributed by atoms with E-state index in [1.807, 2.05) is 13.8 Å². The predicted octanol–water partition coefficient (Wildman–Crippen LogP) is -0.878. The summed E-state index contributed by atoms with van der Waals surface area (Å²) in [5.74, 6) is -0.809. The predicted molar refractivity (Wildman–Crippen MR) is 77.8 cm³/mol. The molecule has 0 rings (SSSR count). The topological polar surface area (TPSA) is 110 Å². The molecule has 0 saturated heterocycles. The molecule has 0 aromatic rings. The summed E-state index contributed by atoms with van der Waals surface area (Å²) in [7, 11) is -3.15. The Kier molecular flexibility index (Phi) is 7.74. The van der Waals surface area contributed by atoms with E-state index in [1.54, 1.807) is 6.92 Å². The molecule has 0 fully saturated rings. The fourth-order valence-corrected chi connectivity index (χ4v) is 2.27. The van der Waals surface area contributed by atoms with Gasteiger partial charge in [-0.1, -0.05) is 0 Å². The second-order valence-corrected chi connectivity index (χ2v) is 7.36. The van der Waals surface area contributed by atoms with E-state index >= 15 is 0 Å². The molecule has 0 aromatic carbocycles. The van der Waals surface area contributed by atoms with Crippen LogP contribution < -0.4 is 11.1 Å². The monoisotopic (exact) mass is 307 g/mol. The lowest BCUT2D eigenvalue weighted by Gasteiger charge is -2.24. The van der Waals surface area contributed by atoms with Gasteiger partial charge in [0.05, 0.1) is 18.3 Å². The summed E-state index contributed by atoms with van der Waals surface area (Å²) in [4.78, 5) is 25.0. The first-order valence-electron chi connectivity index (χ1n) is 6.58. The molecule has 0 spiro atoms. The maximum absolute atomic E-state index is 12.0. The van der Waals surface area contributed by atoms with Crippen molar-refractivity contribution in [3.8, 4) is 0 Å². The number of nitrogens with zero attached hydrogens (tertiary/aromatic N) is 1. The minimum atomic E-state index is -3.15. The molecule has 0 aromatic heterocycles. The van der Waals surface area contributed by atoms with E-state index in [0.717, 1.165) is 6.26 Å². The normalized spacial score (nSPS) is 13.1. The van der Waals surface area contributed by atoms with Crippen LogP contribution in [0, 0.1) is 0 Å². The number of likely N-dealkylation sites (N-methyl/N-ethyl adjacent to an activating group) is 1. The van der Waals surface area contributed by atoms with Gasteiger partial charge in [-0.15, -0.1) is 0 Å². The zero-order chi connectivity index (χ0) is 15.9. The molecule has 0 bridgehead atoms. The first kappa shape index (κ1) is 18.9.